The van der Waals surface area contributed by atoms with E-state index in [1.54, 1.807) is 6.92 Å². The van der Waals surface area contributed by atoms with Crippen molar-refractivity contribution in [1.82, 2.24) is 0 Å². The Bertz CT molecular complexity index is 1560. The van der Waals surface area contributed by atoms with E-state index in [1.807, 2.05) is 19.9 Å². The molecule has 10 N–H and O–H groups in total. The fraction of sp³-hybridized carbons (Fsp3) is 0.929. The lowest BCUT2D eigenvalue weighted by Crippen LogP contribution is -2.73. The highest BCUT2D eigenvalue weighted by Gasteiger charge is 2.74. The number of hydrogen-bond donors (Lipinski definition) is 10. The quantitative estimate of drug-likeness (QED) is 0.119. The van der Waals surface area contributed by atoms with Gasteiger partial charge in [0.05, 0.1) is 43.5 Å². The van der Waals surface area contributed by atoms with E-state index in [0.717, 1.165) is 12.0 Å². The first-order valence-electron chi connectivity index (χ1n) is 21.0. The Kier molecular flexibility index (Phi) is 11.4. The summed E-state index contributed by atoms with van der Waals surface area (Å²) in [6.07, 6.45) is -12.1. The zero-order valence-corrected chi connectivity index (χ0v) is 34.4. The number of rotatable bonds is 7. The van der Waals surface area contributed by atoms with Crippen molar-refractivity contribution >= 4 is 5.78 Å². The average Bonchev–Trinajstić information content (AvgIpc) is 3.16. The fourth-order valence-corrected chi connectivity index (χ4v) is 13.7. The third-order valence-electron chi connectivity index (χ3n) is 17.3. The maximum Gasteiger partial charge on any atom is 0.187 e. The third kappa shape index (κ3) is 6.15. The first kappa shape index (κ1) is 43.9. The fourth-order valence-electron chi connectivity index (χ4n) is 13.7. The van der Waals surface area contributed by atoms with E-state index in [1.165, 1.54) is 0 Å². The summed E-state index contributed by atoms with van der Waals surface area (Å²) < 4.78 is 23.9. The van der Waals surface area contributed by atoms with Gasteiger partial charge in [-0.1, -0.05) is 53.2 Å². The molecule has 2 saturated heterocycles. The van der Waals surface area contributed by atoms with Crippen molar-refractivity contribution in [3.8, 4) is 0 Å². The van der Waals surface area contributed by atoms with Crippen molar-refractivity contribution in [2.45, 2.75) is 173 Å². The minimum atomic E-state index is -1.77. The maximum absolute atomic E-state index is 14.4. The molecule has 326 valence electrons. The van der Waals surface area contributed by atoms with Crippen LogP contribution in [0.1, 0.15) is 93.4 Å². The van der Waals surface area contributed by atoms with Gasteiger partial charge >= 0.3 is 0 Å². The second-order valence-electron chi connectivity index (χ2n) is 20.6. The van der Waals surface area contributed by atoms with Gasteiger partial charge in [-0.3, -0.25) is 4.79 Å². The van der Waals surface area contributed by atoms with E-state index in [0.29, 0.717) is 38.5 Å². The number of aliphatic hydroxyl groups excluding tert-OH is 10. The minimum Gasteiger partial charge on any atom is -0.396 e. The summed E-state index contributed by atoms with van der Waals surface area (Å²) in [5, 5.41) is 110. The van der Waals surface area contributed by atoms with Crippen LogP contribution in [-0.4, -0.2) is 156 Å². The highest BCUT2D eigenvalue weighted by Crippen LogP contribution is 2.75. The van der Waals surface area contributed by atoms with Crippen molar-refractivity contribution in [2.75, 3.05) is 19.8 Å². The van der Waals surface area contributed by atoms with E-state index >= 15 is 0 Å². The molecule has 6 fully saturated rings. The van der Waals surface area contributed by atoms with Crippen LogP contribution in [0.5, 0.6) is 0 Å². The van der Waals surface area contributed by atoms with Gasteiger partial charge in [0.15, 0.2) is 18.4 Å². The summed E-state index contributed by atoms with van der Waals surface area (Å²) >= 11 is 0. The van der Waals surface area contributed by atoms with Crippen LogP contribution in [0.15, 0.2) is 11.6 Å². The molecule has 0 radical (unpaired) electrons. The lowest BCUT2D eigenvalue weighted by Gasteiger charge is -2.72. The molecule has 57 heavy (non-hydrogen) atoms. The van der Waals surface area contributed by atoms with Crippen molar-refractivity contribution in [3.63, 3.8) is 0 Å². The summed E-state index contributed by atoms with van der Waals surface area (Å²) in [4.78, 5) is 14.4. The molecular formula is C42H68O15. The second kappa shape index (κ2) is 14.7. The van der Waals surface area contributed by atoms with Gasteiger partial charge in [0.2, 0.25) is 0 Å². The van der Waals surface area contributed by atoms with E-state index < -0.39 is 119 Å². The van der Waals surface area contributed by atoms with Gasteiger partial charge in [-0.25, -0.2) is 0 Å². The van der Waals surface area contributed by atoms with Gasteiger partial charge in [-0.15, -0.1) is 0 Å². The summed E-state index contributed by atoms with van der Waals surface area (Å²) in [6.45, 7) is 12.7. The van der Waals surface area contributed by atoms with Crippen LogP contribution in [-0.2, 0) is 23.7 Å². The highest BCUT2D eigenvalue weighted by molar-refractivity contribution is 5.93. The monoisotopic (exact) mass is 812 g/mol. The number of ether oxygens (including phenoxy) is 4. The third-order valence-corrected chi connectivity index (χ3v) is 17.3. The summed E-state index contributed by atoms with van der Waals surface area (Å²) in [5.41, 5.74) is -3.64. The molecule has 0 aromatic carbocycles. The standard InChI is InChI=1S/C42H68O15/c1-19-26(47)31(57-35-29(50)28(49)27(48)23(16-43)55-35)30(51)36(54-19)56-25-9-10-38(4)24(39(25,5)17-44)8-11-40(6)32(38)22(46)14-20-21-15-37(2,3)12-13-42(21,18-45)34(53)33(52)41(20,40)7/h14,19,21-33,35-36,43-52H,8-13,15-18H2,1-7H3/t19-,21-,22?,23+,24+,25-,26-,27+,28-,29+,30+,31+,32?,33-,35-,36-,38-,39-,40+,41-,42+/m1/s1. The van der Waals surface area contributed by atoms with E-state index in [-0.39, 0.29) is 36.2 Å². The number of hydrogen-bond acceptors (Lipinski definition) is 15. The van der Waals surface area contributed by atoms with Crippen LogP contribution in [0.25, 0.3) is 0 Å². The first-order valence-corrected chi connectivity index (χ1v) is 21.0. The lowest BCUT2D eigenvalue weighted by atomic mass is 9.32. The van der Waals surface area contributed by atoms with Crippen molar-refractivity contribution < 1.29 is 74.8 Å². The number of aliphatic hydroxyl groups is 10. The molecule has 2 unspecified atom stereocenters. The summed E-state index contributed by atoms with van der Waals surface area (Å²) in [5.74, 6) is -1.29. The molecule has 15 heteroatoms. The van der Waals surface area contributed by atoms with Crippen LogP contribution in [0.3, 0.4) is 0 Å². The van der Waals surface area contributed by atoms with Crippen LogP contribution in [0.4, 0.5) is 0 Å². The number of carbonyl (C=O) groups excluding carboxylic acids is 1. The molecule has 7 aliphatic rings. The Morgan fingerprint density at radius 3 is 2.05 bits per heavy atom. The van der Waals surface area contributed by atoms with Gasteiger partial charge in [0, 0.05) is 16.7 Å². The zero-order valence-electron chi connectivity index (χ0n) is 34.4. The molecule has 0 spiro atoms. The van der Waals surface area contributed by atoms with E-state index in [9.17, 15) is 55.9 Å². The van der Waals surface area contributed by atoms with Crippen LogP contribution in [0.2, 0.25) is 0 Å². The molecule has 2 aliphatic heterocycles. The largest absolute Gasteiger partial charge is 0.396 e. The Morgan fingerprint density at radius 2 is 1.42 bits per heavy atom. The molecule has 21 atom stereocenters. The molecule has 0 bridgehead atoms. The summed E-state index contributed by atoms with van der Waals surface area (Å²) in [6, 6.07) is 0. The Morgan fingerprint density at radius 1 is 0.754 bits per heavy atom. The molecule has 7 rings (SSSR count). The van der Waals surface area contributed by atoms with Crippen LogP contribution in [0, 0.1) is 50.2 Å². The lowest BCUT2D eigenvalue weighted by molar-refractivity contribution is -0.368. The van der Waals surface area contributed by atoms with E-state index in [4.69, 9.17) is 18.9 Å². The van der Waals surface area contributed by atoms with Crippen molar-refractivity contribution in [2.24, 2.45) is 50.2 Å². The second-order valence-corrected chi connectivity index (χ2v) is 20.6. The predicted octanol–water partition coefficient (Wildman–Crippen LogP) is -0.0897. The van der Waals surface area contributed by atoms with Crippen LogP contribution < -0.4 is 0 Å². The molecule has 5 aliphatic carbocycles. The number of carbonyl (C=O) groups is 1. The maximum atomic E-state index is 14.4. The normalized spacial score (nSPS) is 56.2. The van der Waals surface area contributed by atoms with Gasteiger partial charge < -0.3 is 70.0 Å². The average molecular weight is 813 g/mol. The van der Waals surface area contributed by atoms with Crippen LogP contribution >= 0.6 is 0 Å². The molecule has 0 aromatic heterocycles. The Balaban J connectivity index is 1.17. The molecular weight excluding hydrogens is 744 g/mol. The Labute approximate surface area is 335 Å². The summed E-state index contributed by atoms with van der Waals surface area (Å²) in [7, 11) is 0. The van der Waals surface area contributed by atoms with Gasteiger partial charge in [-0.05, 0) is 80.0 Å². The van der Waals surface area contributed by atoms with Gasteiger partial charge in [0.25, 0.3) is 0 Å². The SMILES string of the molecule is C[C@H]1O[C@H](O[C@@H]2CC[C@@]3(C)C4C(O)C=C5[C@H]6CC(C)(C)CC[C@@]6(CO)C(=O)[C@@H](O)[C@]5(C)[C@@]4(C)CC[C@@H]3[C@@]2(C)CO)[C@@H](O)[C@@H](O[C@H]2O[C@@H](CO)[C@H](O)[C@@H](O)[C@@H]2O)[C@@H]1O. The smallest absolute Gasteiger partial charge is 0.187 e. The highest BCUT2D eigenvalue weighted by atomic mass is 16.7. The van der Waals surface area contributed by atoms with Gasteiger partial charge in [0.1, 0.15) is 48.8 Å². The molecule has 15 nitrogen and oxygen atoms in total. The van der Waals surface area contributed by atoms with Crippen molar-refractivity contribution in [1.29, 1.82) is 0 Å². The van der Waals surface area contributed by atoms with Crippen molar-refractivity contribution in [3.05, 3.63) is 11.6 Å². The number of Topliss-reactive ketones (excluding diaryl/α,β-unsaturated/α-hetero) is 1. The predicted molar refractivity (Wildman–Crippen MR) is 201 cm³/mol. The van der Waals surface area contributed by atoms with Gasteiger partial charge in [-0.2, -0.15) is 0 Å². The molecule has 0 amide bonds. The molecule has 2 heterocycles. The first-order chi connectivity index (χ1) is 26.5. The topological polar surface area (TPSA) is 256 Å². The minimum absolute atomic E-state index is 0.0983. The number of fused-ring (bicyclic) bond motifs is 7. The van der Waals surface area contributed by atoms with E-state index in [2.05, 4.69) is 27.7 Å². The molecule has 0 aromatic rings. The molecule has 4 saturated carbocycles. The zero-order chi connectivity index (χ0) is 42.0. The Hall–Kier alpha value is -1.15. The number of ketones is 1.